The first kappa shape index (κ1) is 20.1. The average molecular weight is 382 g/mol. The van der Waals surface area contributed by atoms with E-state index in [1.807, 2.05) is 18.4 Å². The Balaban J connectivity index is 1.82. The monoisotopic (exact) mass is 382 g/mol. The molecule has 1 N–H and O–H groups in total. The highest BCUT2D eigenvalue weighted by atomic mass is 19.1. The zero-order valence-corrected chi connectivity index (χ0v) is 16.8. The number of likely N-dealkylation sites (tertiary alicyclic amines) is 1. The van der Waals surface area contributed by atoms with Gasteiger partial charge in [0.05, 0.1) is 12.1 Å². The minimum atomic E-state index is -0.286. The largest absolute Gasteiger partial charge is 0.326 e. The van der Waals surface area contributed by atoms with Crippen LogP contribution in [0.15, 0.2) is 24.3 Å². The number of hydrogen-bond donors (Lipinski definition) is 1. The molecule has 1 amide bonds. The Bertz CT molecular complexity index is 895. The molecule has 148 valence electrons. The van der Waals surface area contributed by atoms with E-state index < -0.39 is 0 Å². The first-order valence-electron chi connectivity index (χ1n) is 9.75. The van der Waals surface area contributed by atoms with E-state index in [-0.39, 0.29) is 11.7 Å². The van der Waals surface area contributed by atoms with Crippen LogP contribution in [0.5, 0.6) is 0 Å². The van der Waals surface area contributed by atoms with Crippen molar-refractivity contribution in [2.24, 2.45) is 5.92 Å². The highest BCUT2D eigenvalue weighted by Crippen LogP contribution is 2.27. The van der Waals surface area contributed by atoms with Gasteiger partial charge >= 0.3 is 0 Å². The summed E-state index contributed by atoms with van der Waals surface area (Å²) in [6, 6.07) is 8.50. The molecule has 28 heavy (non-hydrogen) atoms. The van der Waals surface area contributed by atoms with Gasteiger partial charge in [0.2, 0.25) is 5.91 Å². The van der Waals surface area contributed by atoms with Crippen molar-refractivity contribution in [3.05, 3.63) is 52.5 Å². The van der Waals surface area contributed by atoms with Gasteiger partial charge in [-0.15, -0.1) is 0 Å². The van der Waals surface area contributed by atoms with Crippen LogP contribution in [0.2, 0.25) is 0 Å². The Hall–Kier alpha value is -2.65. The van der Waals surface area contributed by atoms with Gasteiger partial charge in [0.25, 0.3) is 0 Å². The van der Waals surface area contributed by atoms with Crippen molar-refractivity contribution in [1.29, 1.82) is 5.26 Å². The Kier molecular flexibility index (Phi) is 6.15. The summed E-state index contributed by atoms with van der Waals surface area (Å²) in [4.78, 5) is 14.9. The second-order valence-corrected chi connectivity index (χ2v) is 7.79. The van der Waals surface area contributed by atoms with Crippen LogP contribution in [-0.4, -0.2) is 35.0 Å². The van der Waals surface area contributed by atoms with E-state index in [0.717, 1.165) is 36.3 Å². The lowest BCUT2D eigenvalue weighted by atomic mass is 10.0. The van der Waals surface area contributed by atoms with E-state index in [2.05, 4.69) is 23.2 Å². The van der Waals surface area contributed by atoms with Gasteiger partial charge in [-0.2, -0.15) is 5.26 Å². The first-order valence-corrected chi connectivity index (χ1v) is 9.75. The molecule has 1 aromatic carbocycles. The van der Waals surface area contributed by atoms with E-state index in [9.17, 15) is 14.4 Å². The summed E-state index contributed by atoms with van der Waals surface area (Å²) in [5, 5.41) is 12.6. The molecule has 0 saturated carbocycles. The molecule has 0 radical (unpaired) electrons. The number of aromatic nitrogens is 1. The topological polar surface area (TPSA) is 61.1 Å². The number of carbonyl (C=O) groups excluding carboxylic acids is 1. The first-order chi connectivity index (χ1) is 13.4. The molecule has 2 aromatic rings. The third-order valence-corrected chi connectivity index (χ3v) is 5.56. The number of halogens is 1. The molecule has 1 atom stereocenters. The molecule has 1 aliphatic heterocycles. The van der Waals surface area contributed by atoms with Crippen molar-refractivity contribution < 1.29 is 9.18 Å². The Morgan fingerprint density at radius 1 is 1.32 bits per heavy atom. The summed E-state index contributed by atoms with van der Waals surface area (Å²) in [6.45, 7) is 8.67. The van der Waals surface area contributed by atoms with Crippen molar-refractivity contribution in [2.75, 3.05) is 25.0 Å². The van der Waals surface area contributed by atoms with Crippen LogP contribution < -0.4 is 5.32 Å². The normalized spacial score (nSPS) is 17.3. The van der Waals surface area contributed by atoms with E-state index in [0.29, 0.717) is 30.4 Å². The van der Waals surface area contributed by atoms with Gasteiger partial charge in [0.1, 0.15) is 17.7 Å². The highest BCUT2D eigenvalue weighted by molar-refractivity contribution is 5.93. The molecule has 1 aromatic heterocycles. The molecule has 1 saturated heterocycles. The minimum Gasteiger partial charge on any atom is -0.326 e. The zero-order valence-electron chi connectivity index (χ0n) is 16.8. The third-order valence-electron chi connectivity index (χ3n) is 5.56. The predicted molar refractivity (Wildman–Crippen MR) is 108 cm³/mol. The number of benzene rings is 1. The van der Waals surface area contributed by atoms with E-state index in [1.54, 1.807) is 12.1 Å². The predicted octanol–water partition coefficient (Wildman–Crippen LogP) is 3.83. The van der Waals surface area contributed by atoms with Crippen LogP contribution in [0.25, 0.3) is 0 Å². The van der Waals surface area contributed by atoms with Crippen LogP contribution in [0.1, 0.15) is 42.1 Å². The van der Waals surface area contributed by atoms with Crippen LogP contribution >= 0.6 is 0 Å². The lowest BCUT2D eigenvalue weighted by molar-refractivity contribution is -0.117. The number of rotatable bonds is 5. The van der Waals surface area contributed by atoms with Gasteiger partial charge in [0, 0.05) is 18.8 Å². The summed E-state index contributed by atoms with van der Waals surface area (Å²) < 4.78 is 15.1. The van der Waals surface area contributed by atoms with E-state index in [1.165, 1.54) is 18.6 Å². The maximum Gasteiger partial charge on any atom is 0.239 e. The van der Waals surface area contributed by atoms with E-state index in [4.69, 9.17) is 0 Å². The molecule has 1 fully saturated rings. The van der Waals surface area contributed by atoms with Crippen molar-refractivity contribution in [3.8, 4) is 6.07 Å². The maximum absolute atomic E-state index is 13.2. The number of hydrogen-bond acceptors (Lipinski definition) is 3. The van der Waals surface area contributed by atoms with Gasteiger partial charge < -0.3 is 9.88 Å². The Morgan fingerprint density at radius 3 is 2.68 bits per heavy atom. The number of nitrogens with one attached hydrogen (secondary N) is 1. The lowest BCUT2D eigenvalue weighted by Crippen LogP contribution is -2.40. The van der Waals surface area contributed by atoms with Gasteiger partial charge in [-0.3, -0.25) is 9.69 Å². The van der Waals surface area contributed by atoms with E-state index >= 15 is 0 Å². The SMILES string of the molecule is Cc1c(C#N)c(NC(=O)CN2CCC[C@H](C)C2)n(Cc2ccc(F)cc2)c1C. The Morgan fingerprint density at radius 2 is 2.04 bits per heavy atom. The molecule has 0 unspecified atom stereocenters. The van der Waals surface area contributed by atoms with Crippen molar-refractivity contribution >= 4 is 11.7 Å². The summed E-state index contributed by atoms with van der Waals surface area (Å²) in [5.74, 6) is 0.731. The highest BCUT2D eigenvalue weighted by Gasteiger charge is 2.22. The fourth-order valence-corrected chi connectivity index (χ4v) is 3.91. The molecule has 1 aliphatic rings. The number of nitriles is 1. The van der Waals surface area contributed by atoms with Gasteiger partial charge in [0.15, 0.2) is 0 Å². The molecular formula is C22H27FN4O. The molecule has 0 aliphatic carbocycles. The van der Waals surface area contributed by atoms with Crippen LogP contribution in [0.3, 0.4) is 0 Å². The summed E-state index contributed by atoms with van der Waals surface area (Å²) >= 11 is 0. The van der Waals surface area contributed by atoms with Crippen LogP contribution in [0.4, 0.5) is 10.2 Å². The molecular weight excluding hydrogens is 355 g/mol. The van der Waals surface area contributed by atoms with Gasteiger partial charge in [-0.05, 0) is 62.4 Å². The average Bonchev–Trinajstić information content (AvgIpc) is 2.87. The minimum absolute atomic E-state index is 0.108. The lowest BCUT2D eigenvalue weighted by Gasteiger charge is -2.30. The standard InChI is InChI=1S/C22H27FN4O/c1-15-5-4-10-26(12-15)14-21(28)25-22-20(11-24)16(2)17(3)27(22)13-18-6-8-19(23)9-7-18/h6-9,15H,4-5,10,12-14H2,1-3H3,(H,25,28)/t15-/m0/s1. The number of nitrogens with zero attached hydrogens (tertiary/aromatic N) is 3. The molecule has 0 bridgehead atoms. The number of anilines is 1. The van der Waals surface area contributed by atoms with Crippen molar-refractivity contribution in [2.45, 2.75) is 40.2 Å². The third kappa shape index (κ3) is 4.42. The zero-order chi connectivity index (χ0) is 20.3. The molecule has 3 rings (SSSR count). The molecule has 2 heterocycles. The van der Waals surface area contributed by atoms with Gasteiger partial charge in [-0.25, -0.2) is 4.39 Å². The maximum atomic E-state index is 13.2. The van der Waals surface area contributed by atoms with Crippen molar-refractivity contribution in [1.82, 2.24) is 9.47 Å². The van der Waals surface area contributed by atoms with Crippen LogP contribution in [0, 0.1) is 36.9 Å². The second-order valence-electron chi connectivity index (χ2n) is 7.79. The summed E-state index contributed by atoms with van der Waals surface area (Å²) in [5.41, 5.74) is 3.17. The fourth-order valence-electron chi connectivity index (χ4n) is 3.91. The molecule has 0 spiro atoms. The van der Waals surface area contributed by atoms with Crippen molar-refractivity contribution in [3.63, 3.8) is 0 Å². The second kappa shape index (κ2) is 8.57. The Labute approximate surface area is 165 Å². The number of piperidine rings is 1. The fraction of sp³-hybridized carbons (Fsp3) is 0.455. The van der Waals surface area contributed by atoms with Gasteiger partial charge in [-0.1, -0.05) is 19.1 Å². The summed E-state index contributed by atoms with van der Waals surface area (Å²) in [7, 11) is 0. The smallest absolute Gasteiger partial charge is 0.239 e. The summed E-state index contributed by atoms with van der Waals surface area (Å²) in [6.07, 6.45) is 2.31. The number of carbonyl (C=O) groups is 1. The van der Waals surface area contributed by atoms with Crippen LogP contribution in [-0.2, 0) is 11.3 Å². The quantitative estimate of drug-likeness (QED) is 0.855. The molecule has 6 heteroatoms. The number of amides is 1. The molecule has 5 nitrogen and oxygen atoms in total.